The molecule has 0 fully saturated rings. The Balaban J connectivity index is 1.59. The molecule has 0 heterocycles. The summed E-state index contributed by atoms with van der Waals surface area (Å²) >= 11 is 0. The van der Waals surface area contributed by atoms with Crippen LogP contribution in [-0.2, 0) is 6.11 Å². The van der Waals surface area contributed by atoms with E-state index in [-0.39, 0.29) is 16.9 Å². The number of ether oxygens (including phenoxy) is 2. The van der Waals surface area contributed by atoms with Gasteiger partial charge in [-0.2, -0.15) is 8.78 Å². The van der Waals surface area contributed by atoms with Crippen molar-refractivity contribution in [3.63, 3.8) is 0 Å². The number of aromatic hydroxyl groups is 1. The van der Waals surface area contributed by atoms with E-state index in [4.69, 9.17) is 0 Å². The van der Waals surface area contributed by atoms with Crippen LogP contribution in [0, 0.1) is 17.5 Å². The van der Waals surface area contributed by atoms with E-state index in [2.05, 4.69) is 9.47 Å². The lowest BCUT2D eigenvalue weighted by Crippen LogP contribution is -2.25. The molecule has 0 radical (unpaired) electrons. The van der Waals surface area contributed by atoms with Crippen molar-refractivity contribution >= 4 is 0 Å². The SMILES string of the molecule is Oc1ccc(-c2ccc(-c3cc(F)c(C(F)(F)Oc4ccc(OC(F)(F)F)cc4)c(F)c3)c(F)c2)cc1. The Morgan fingerprint density at radius 1 is 0.541 bits per heavy atom. The zero-order valence-electron chi connectivity index (χ0n) is 18.3. The van der Waals surface area contributed by atoms with Gasteiger partial charge in [-0.1, -0.05) is 24.3 Å². The van der Waals surface area contributed by atoms with E-state index in [1.165, 1.54) is 36.4 Å². The van der Waals surface area contributed by atoms with E-state index in [1.807, 2.05) is 0 Å². The lowest BCUT2D eigenvalue weighted by molar-refractivity contribution is -0.274. The maximum absolute atomic E-state index is 14.8. The van der Waals surface area contributed by atoms with Gasteiger partial charge in [0, 0.05) is 5.56 Å². The van der Waals surface area contributed by atoms with E-state index < -0.39 is 47.0 Å². The number of benzene rings is 4. The highest BCUT2D eigenvalue weighted by atomic mass is 19.4. The summed E-state index contributed by atoms with van der Waals surface area (Å²) in [5.74, 6) is -5.78. The van der Waals surface area contributed by atoms with Gasteiger partial charge in [0.05, 0.1) is 0 Å². The monoisotopic (exact) mass is 526 g/mol. The van der Waals surface area contributed by atoms with E-state index in [0.29, 0.717) is 47.5 Å². The number of hydrogen-bond acceptors (Lipinski definition) is 3. The third-order valence-corrected chi connectivity index (χ3v) is 5.12. The lowest BCUT2D eigenvalue weighted by atomic mass is 9.98. The highest BCUT2D eigenvalue weighted by Gasteiger charge is 2.41. The van der Waals surface area contributed by atoms with E-state index in [1.54, 1.807) is 0 Å². The minimum atomic E-state index is -5.01. The van der Waals surface area contributed by atoms with E-state index in [9.17, 15) is 40.2 Å². The number of phenolic OH excluding ortho intramolecular Hbond substituents is 1. The van der Waals surface area contributed by atoms with Gasteiger partial charge in [-0.05, 0) is 71.3 Å². The molecule has 0 aliphatic rings. The van der Waals surface area contributed by atoms with Crippen molar-refractivity contribution in [3.05, 3.63) is 102 Å². The molecule has 0 spiro atoms. The fraction of sp³-hybridized carbons (Fsp3) is 0.0769. The van der Waals surface area contributed by atoms with Gasteiger partial charge in [-0.3, -0.25) is 0 Å². The number of rotatable bonds is 6. The second-order valence-corrected chi connectivity index (χ2v) is 7.69. The van der Waals surface area contributed by atoms with Crippen LogP contribution < -0.4 is 9.47 Å². The normalized spacial score (nSPS) is 11.9. The van der Waals surface area contributed by atoms with Crippen LogP contribution >= 0.6 is 0 Å². The first-order valence-corrected chi connectivity index (χ1v) is 10.3. The molecule has 0 saturated carbocycles. The smallest absolute Gasteiger partial charge is 0.508 e. The number of halogens is 8. The molecule has 37 heavy (non-hydrogen) atoms. The molecule has 0 atom stereocenters. The Kier molecular flexibility index (Phi) is 6.72. The first kappa shape index (κ1) is 25.8. The Labute approximate surface area is 204 Å². The molecule has 11 heteroatoms. The van der Waals surface area contributed by atoms with Crippen molar-refractivity contribution in [1.29, 1.82) is 0 Å². The van der Waals surface area contributed by atoms with Crippen molar-refractivity contribution in [1.82, 2.24) is 0 Å². The van der Waals surface area contributed by atoms with Crippen LogP contribution in [0.5, 0.6) is 17.2 Å². The molecule has 192 valence electrons. The first-order chi connectivity index (χ1) is 17.3. The van der Waals surface area contributed by atoms with E-state index in [0.717, 1.165) is 6.07 Å². The number of phenols is 1. The zero-order chi connectivity index (χ0) is 27.0. The molecule has 0 bridgehead atoms. The summed E-state index contributed by atoms with van der Waals surface area (Å²) in [6.07, 6.45) is -9.58. The van der Waals surface area contributed by atoms with Gasteiger partial charge in [-0.25, -0.2) is 13.2 Å². The Hall–Kier alpha value is -4.28. The standard InChI is InChI=1S/C26H14F8O3/c27-21-11-15(14-1-4-17(35)5-2-14)3-10-20(21)16-12-22(28)24(23(29)13-16)25(30,31)36-18-6-8-19(9-7-18)37-26(32,33)34/h1-13,35H. The predicted octanol–water partition coefficient (Wildman–Crippen LogP) is 8.17. The molecule has 3 nitrogen and oxygen atoms in total. The molecular formula is C26H14F8O3. The minimum Gasteiger partial charge on any atom is -0.508 e. The van der Waals surface area contributed by atoms with E-state index >= 15 is 0 Å². The van der Waals surface area contributed by atoms with Gasteiger partial charge < -0.3 is 14.6 Å². The molecule has 0 unspecified atom stereocenters. The Bertz CT molecular complexity index is 1390. The van der Waals surface area contributed by atoms with Crippen LogP contribution in [0.3, 0.4) is 0 Å². The molecule has 4 aromatic rings. The maximum Gasteiger partial charge on any atom is 0.573 e. The maximum atomic E-state index is 14.8. The summed E-state index contributed by atoms with van der Waals surface area (Å²) in [5.41, 5.74) is -1.46. The average Bonchev–Trinajstić information content (AvgIpc) is 2.79. The molecule has 0 aliphatic heterocycles. The fourth-order valence-electron chi connectivity index (χ4n) is 3.50. The molecular weight excluding hydrogens is 512 g/mol. The largest absolute Gasteiger partial charge is 0.573 e. The molecule has 0 aliphatic carbocycles. The first-order valence-electron chi connectivity index (χ1n) is 10.3. The van der Waals surface area contributed by atoms with Crippen LogP contribution in [0.15, 0.2) is 78.9 Å². The van der Waals surface area contributed by atoms with Crippen LogP contribution in [0.25, 0.3) is 22.3 Å². The number of alkyl halides is 5. The van der Waals surface area contributed by atoms with Crippen LogP contribution in [0.4, 0.5) is 35.1 Å². The van der Waals surface area contributed by atoms with Gasteiger partial charge >= 0.3 is 12.5 Å². The summed E-state index contributed by atoms with van der Waals surface area (Å²) in [6, 6.07) is 13.3. The number of hydrogen-bond donors (Lipinski definition) is 1. The van der Waals surface area contributed by atoms with Gasteiger partial charge in [-0.15, -0.1) is 13.2 Å². The summed E-state index contributed by atoms with van der Waals surface area (Å²) in [5, 5.41) is 9.36. The molecule has 0 saturated heterocycles. The van der Waals surface area contributed by atoms with Crippen molar-refractivity contribution in [3.8, 4) is 39.5 Å². The highest BCUT2D eigenvalue weighted by Crippen LogP contribution is 2.38. The Morgan fingerprint density at radius 3 is 1.54 bits per heavy atom. The van der Waals surface area contributed by atoms with Crippen LogP contribution in [0.2, 0.25) is 0 Å². The summed E-state index contributed by atoms with van der Waals surface area (Å²) in [7, 11) is 0. The van der Waals surface area contributed by atoms with Crippen molar-refractivity contribution in [2.75, 3.05) is 0 Å². The summed E-state index contributed by atoms with van der Waals surface area (Å²) < 4.78 is 118. The lowest BCUT2D eigenvalue weighted by Gasteiger charge is -2.20. The quantitative estimate of drug-likeness (QED) is 0.258. The van der Waals surface area contributed by atoms with Crippen molar-refractivity contribution in [2.24, 2.45) is 0 Å². The molecule has 0 amide bonds. The van der Waals surface area contributed by atoms with Crippen molar-refractivity contribution in [2.45, 2.75) is 12.5 Å². The summed E-state index contributed by atoms with van der Waals surface area (Å²) in [4.78, 5) is 0. The zero-order valence-corrected chi connectivity index (χ0v) is 18.3. The molecule has 1 N–H and O–H groups in total. The van der Waals surface area contributed by atoms with Gasteiger partial charge in [0.2, 0.25) is 0 Å². The molecule has 0 aromatic heterocycles. The third-order valence-electron chi connectivity index (χ3n) is 5.12. The van der Waals surface area contributed by atoms with Gasteiger partial charge in [0.1, 0.15) is 40.3 Å². The summed E-state index contributed by atoms with van der Waals surface area (Å²) in [6.45, 7) is 0. The molecule has 4 aromatic carbocycles. The topological polar surface area (TPSA) is 38.7 Å². The van der Waals surface area contributed by atoms with Crippen molar-refractivity contribution < 1.29 is 49.7 Å². The second-order valence-electron chi connectivity index (χ2n) is 7.69. The van der Waals surface area contributed by atoms with Gasteiger partial charge in [0.15, 0.2) is 0 Å². The second kappa shape index (κ2) is 9.64. The van der Waals surface area contributed by atoms with Crippen LogP contribution in [-0.4, -0.2) is 11.5 Å². The van der Waals surface area contributed by atoms with Crippen LogP contribution in [0.1, 0.15) is 5.56 Å². The minimum absolute atomic E-state index is 0.000138. The molecule has 4 rings (SSSR count). The Morgan fingerprint density at radius 2 is 1.03 bits per heavy atom. The van der Waals surface area contributed by atoms with Gasteiger partial charge in [0.25, 0.3) is 0 Å². The fourth-order valence-corrected chi connectivity index (χ4v) is 3.50. The highest BCUT2D eigenvalue weighted by molar-refractivity contribution is 5.71. The average molecular weight is 526 g/mol. The third kappa shape index (κ3) is 5.93. The predicted molar refractivity (Wildman–Crippen MR) is 116 cm³/mol.